The second kappa shape index (κ2) is 8.38. The van der Waals surface area contributed by atoms with Gasteiger partial charge in [0.25, 0.3) is 5.91 Å². The Bertz CT molecular complexity index is 1340. The summed E-state index contributed by atoms with van der Waals surface area (Å²) in [5.41, 5.74) is 3.31. The molecule has 4 heterocycles. The van der Waals surface area contributed by atoms with E-state index in [4.69, 9.17) is 4.52 Å². The Labute approximate surface area is 188 Å². The molecule has 0 bridgehead atoms. The normalized spacial score (nSPS) is 15.8. The van der Waals surface area contributed by atoms with E-state index in [1.54, 1.807) is 22.9 Å². The first kappa shape index (κ1) is 20.7. The Hall–Kier alpha value is -4.21. The number of imidazole rings is 1. The van der Waals surface area contributed by atoms with Crippen molar-refractivity contribution >= 4 is 23.3 Å². The molecule has 2 amide bonds. The summed E-state index contributed by atoms with van der Waals surface area (Å²) < 4.78 is 7.11. The van der Waals surface area contributed by atoms with E-state index in [1.807, 2.05) is 37.3 Å². The summed E-state index contributed by atoms with van der Waals surface area (Å²) >= 11 is 0. The van der Waals surface area contributed by atoms with Gasteiger partial charge in [0.1, 0.15) is 11.3 Å². The number of hydrogen-bond donors (Lipinski definition) is 2. The lowest BCUT2D eigenvalue weighted by Crippen LogP contribution is -2.35. The lowest BCUT2D eigenvalue weighted by molar-refractivity contribution is 0.102. The molecule has 10 heteroatoms. The highest BCUT2D eigenvalue weighted by molar-refractivity contribution is 6.04. The Balaban J connectivity index is 1.35. The maximum absolute atomic E-state index is 12.9. The molecule has 0 radical (unpaired) electrons. The van der Waals surface area contributed by atoms with Crippen LogP contribution in [-0.4, -0.2) is 54.1 Å². The number of hydrogen-bond acceptors (Lipinski definition) is 6. The van der Waals surface area contributed by atoms with E-state index in [1.165, 1.54) is 4.90 Å². The van der Waals surface area contributed by atoms with Gasteiger partial charge in [-0.1, -0.05) is 23.4 Å². The number of aryl methyl sites for hydroxylation is 1. The molecule has 168 valence electrons. The van der Waals surface area contributed by atoms with Crippen molar-refractivity contribution in [3.8, 4) is 11.4 Å². The van der Waals surface area contributed by atoms with E-state index in [0.717, 1.165) is 18.4 Å². The van der Waals surface area contributed by atoms with Gasteiger partial charge in [-0.05, 0) is 43.5 Å². The highest BCUT2D eigenvalue weighted by atomic mass is 16.5. The van der Waals surface area contributed by atoms with Crippen LogP contribution in [0.4, 0.5) is 10.5 Å². The van der Waals surface area contributed by atoms with Crippen LogP contribution in [0, 0.1) is 6.92 Å². The van der Waals surface area contributed by atoms with Gasteiger partial charge in [-0.2, -0.15) is 4.98 Å². The number of benzene rings is 1. The largest absolute Gasteiger partial charge is 0.465 e. The van der Waals surface area contributed by atoms with Gasteiger partial charge in [0.2, 0.25) is 11.7 Å². The molecule has 1 aromatic carbocycles. The minimum atomic E-state index is -0.929. The van der Waals surface area contributed by atoms with Gasteiger partial charge in [-0.3, -0.25) is 9.20 Å². The van der Waals surface area contributed by atoms with Gasteiger partial charge < -0.3 is 19.8 Å². The number of amides is 2. The molecule has 1 fully saturated rings. The number of fused-ring (bicyclic) bond motifs is 1. The van der Waals surface area contributed by atoms with E-state index in [9.17, 15) is 14.7 Å². The second-order valence-corrected chi connectivity index (χ2v) is 8.04. The van der Waals surface area contributed by atoms with Crippen molar-refractivity contribution in [1.29, 1.82) is 0 Å². The minimum Gasteiger partial charge on any atom is -0.465 e. The van der Waals surface area contributed by atoms with Crippen LogP contribution in [-0.2, 0) is 6.42 Å². The fraction of sp³-hybridized carbons (Fsp3) is 0.261. The van der Waals surface area contributed by atoms with Crippen molar-refractivity contribution < 1.29 is 19.2 Å². The number of pyridine rings is 1. The number of likely N-dealkylation sites (tertiary alicyclic amines) is 1. The number of nitrogens with zero attached hydrogens (tertiary/aromatic N) is 5. The Morgan fingerprint density at radius 2 is 2.15 bits per heavy atom. The Morgan fingerprint density at radius 1 is 1.27 bits per heavy atom. The summed E-state index contributed by atoms with van der Waals surface area (Å²) in [6.07, 6.45) is 4.38. The van der Waals surface area contributed by atoms with E-state index >= 15 is 0 Å². The number of aromatic nitrogens is 4. The van der Waals surface area contributed by atoms with Crippen molar-refractivity contribution in [3.05, 3.63) is 65.9 Å². The summed E-state index contributed by atoms with van der Waals surface area (Å²) in [7, 11) is 0. The molecule has 5 rings (SSSR count). The fourth-order valence-corrected chi connectivity index (χ4v) is 4.14. The maximum Gasteiger partial charge on any atom is 0.407 e. The number of carbonyl (C=O) groups is 2. The van der Waals surface area contributed by atoms with E-state index in [2.05, 4.69) is 20.4 Å². The summed E-state index contributed by atoms with van der Waals surface area (Å²) in [5, 5.41) is 16.3. The van der Waals surface area contributed by atoms with Gasteiger partial charge in [0, 0.05) is 36.5 Å². The monoisotopic (exact) mass is 446 g/mol. The zero-order valence-corrected chi connectivity index (χ0v) is 17.9. The predicted octanol–water partition coefficient (Wildman–Crippen LogP) is 3.63. The Morgan fingerprint density at radius 3 is 3.00 bits per heavy atom. The third-order valence-electron chi connectivity index (χ3n) is 5.89. The lowest BCUT2D eigenvalue weighted by atomic mass is 10.1. The van der Waals surface area contributed by atoms with Gasteiger partial charge in [0.15, 0.2) is 0 Å². The average molecular weight is 446 g/mol. The lowest BCUT2D eigenvalue weighted by Gasteiger charge is -2.19. The van der Waals surface area contributed by atoms with E-state index < -0.39 is 6.09 Å². The molecule has 4 aromatic rings. The first-order valence-electron chi connectivity index (χ1n) is 10.7. The standard InChI is InChI=1S/C23H22N6O4/c1-14-7-8-15(21-26-20(33-27-21)12-16-5-4-10-28(16)23(31)32)11-17(14)25-22(30)18-13-24-19-6-2-3-9-29(18)19/h2-3,6-9,11,13,16H,4-5,10,12H2,1H3,(H,25,30)(H,31,32)/t16-/m0/s1. The topological polar surface area (TPSA) is 126 Å². The van der Waals surface area contributed by atoms with E-state index in [0.29, 0.717) is 47.3 Å². The molecule has 1 aliphatic rings. The highest BCUT2D eigenvalue weighted by Crippen LogP contribution is 2.26. The number of carbonyl (C=O) groups excluding carboxylic acids is 1. The Kier molecular flexibility index (Phi) is 5.25. The molecule has 0 aliphatic carbocycles. The fourth-order valence-electron chi connectivity index (χ4n) is 4.14. The summed E-state index contributed by atoms with van der Waals surface area (Å²) in [5.74, 6) is 0.493. The van der Waals surface area contributed by atoms with Crippen LogP contribution in [0.5, 0.6) is 0 Å². The second-order valence-electron chi connectivity index (χ2n) is 8.04. The van der Waals surface area contributed by atoms with Crippen molar-refractivity contribution in [1.82, 2.24) is 24.4 Å². The zero-order valence-electron chi connectivity index (χ0n) is 17.9. The van der Waals surface area contributed by atoms with Gasteiger partial charge >= 0.3 is 6.09 Å². The number of anilines is 1. The third kappa shape index (κ3) is 4.02. The van der Waals surface area contributed by atoms with Crippen LogP contribution in [0.1, 0.15) is 34.8 Å². The quantitative estimate of drug-likeness (QED) is 0.479. The SMILES string of the molecule is Cc1ccc(-c2noc(C[C@@H]3CCCN3C(=O)O)n2)cc1NC(=O)c1cnc2ccccn12. The molecular weight excluding hydrogens is 424 g/mol. The predicted molar refractivity (Wildman–Crippen MR) is 119 cm³/mol. The molecule has 10 nitrogen and oxygen atoms in total. The average Bonchev–Trinajstić information content (AvgIpc) is 3.55. The number of nitrogens with one attached hydrogen (secondary N) is 1. The van der Waals surface area contributed by atoms with Gasteiger partial charge in [-0.15, -0.1) is 0 Å². The van der Waals surface area contributed by atoms with Crippen molar-refractivity contribution in [3.63, 3.8) is 0 Å². The number of carboxylic acid groups (broad SMARTS) is 1. The molecule has 1 aliphatic heterocycles. The van der Waals surface area contributed by atoms with Crippen molar-refractivity contribution in [2.45, 2.75) is 32.2 Å². The van der Waals surface area contributed by atoms with Crippen LogP contribution >= 0.6 is 0 Å². The van der Waals surface area contributed by atoms with Crippen LogP contribution < -0.4 is 5.32 Å². The molecular formula is C23H22N6O4. The third-order valence-corrected chi connectivity index (χ3v) is 5.89. The molecule has 0 unspecified atom stereocenters. The summed E-state index contributed by atoms with van der Waals surface area (Å²) in [4.78, 5) is 34.4. The number of rotatable bonds is 5. The summed E-state index contributed by atoms with van der Waals surface area (Å²) in [6.45, 7) is 2.42. The van der Waals surface area contributed by atoms with Crippen LogP contribution in [0.2, 0.25) is 0 Å². The first-order chi connectivity index (χ1) is 16.0. The maximum atomic E-state index is 12.9. The summed E-state index contributed by atoms with van der Waals surface area (Å²) in [6, 6.07) is 10.9. The molecule has 3 aromatic heterocycles. The zero-order chi connectivity index (χ0) is 22.9. The molecule has 0 saturated carbocycles. The molecule has 2 N–H and O–H groups in total. The van der Waals surface area contributed by atoms with E-state index in [-0.39, 0.29) is 11.9 Å². The van der Waals surface area contributed by atoms with Crippen LogP contribution in [0.3, 0.4) is 0 Å². The van der Waals surface area contributed by atoms with Crippen LogP contribution in [0.25, 0.3) is 17.0 Å². The van der Waals surface area contributed by atoms with Crippen molar-refractivity contribution in [2.24, 2.45) is 0 Å². The highest BCUT2D eigenvalue weighted by Gasteiger charge is 2.30. The van der Waals surface area contributed by atoms with Crippen molar-refractivity contribution in [2.75, 3.05) is 11.9 Å². The van der Waals surface area contributed by atoms with Gasteiger partial charge in [-0.25, -0.2) is 9.78 Å². The smallest absolute Gasteiger partial charge is 0.407 e. The molecule has 1 saturated heterocycles. The minimum absolute atomic E-state index is 0.158. The van der Waals surface area contributed by atoms with Gasteiger partial charge in [0.05, 0.1) is 6.20 Å². The molecule has 1 atom stereocenters. The molecule has 33 heavy (non-hydrogen) atoms. The molecule has 0 spiro atoms. The first-order valence-corrected chi connectivity index (χ1v) is 10.7. The van der Waals surface area contributed by atoms with Crippen LogP contribution in [0.15, 0.2) is 53.3 Å².